The van der Waals surface area contributed by atoms with Gasteiger partial charge in [0, 0.05) is 19.0 Å². The number of aromatic nitrogens is 2. The van der Waals surface area contributed by atoms with Crippen molar-refractivity contribution in [3.8, 4) is 0 Å². The third-order valence-electron chi connectivity index (χ3n) is 1.96. The molecule has 0 aliphatic heterocycles. The summed E-state index contributed by atoms with van der Waals surface area (Å²) in [4.78, 5) is 11.6. The summed E-state index contributed by atoms with van der Waals surface area (Å²) >= 11 is 0. The molecule has 0 unspecified atom stereocenters. The maximum atomic E-state index is 11.6. The molecule has 0 atom stereocenters. The van der Waals surface area contributed by atoms with Crippen LogP contribution in [0.2, 0.25) is 0 Å². The second-order valence-corrected chi connectivity index (χ2v) is 4.86. The van der Waals surface area contributed by atoms with Gasteiger partial charge in [0.15, 0.2) is 5.69 Å². The van der Waals surface area contributed by atoms with E-state index in [-0.39, 0.29) is 11.3 Å². The summed E-state index contributed by atoms with van der Waals surface area (Å²) < 4.78 is 1.66. The molecule has 1 rings (SSSR count). The lowest BCUT2D eigenvalue weighted by Crippen LogP contribution is -2.20. The first kappa shape index (κ1) is 12.4. The van der Waals surface area contributed by atoms with Crippen LogP contribution in [-0.2, 0) is 7.05 Å². The summed E-state index contributed by atoms with van der Waals surface area (Å²) in [5.74, 6) is -0.288. The number of aryl methyl sites for hydroxylation is 2. The fraction of sp³-hybridized carbons (Fsp3) is 0.545. The topological polar surface area (TPSA) is 59.3 Å². The predicted octanol–water partition coefficient (Wildman–Crippen LogP) is 1.49. The van der Waals surface area contributed by atoms with Crippen LogP contribution in [0.3, 0.4) is 0 Å². The van der Waals surface area contributed by atoms with Crippen LogP contribution in [0.25, 0.3) is 0 Å². The highest BCUT2D eigenvalue weighted by atomic mass is 16.2. The third kappa shape index (κ3) is 3.49. The fourth-order valence-electron chi connectivity index (χ4n) is 1.01. The van der Waals surface area contributed by atoms with Gasteiger partial charge in [0.1, 0.15) is 0 Å². The maximum absolute atomic E-state index is 11.6. The molecule has 0 saturated heterocycles. The first-order chi connectivity index (χ1) is 7.29. The molecule has 88 valence electrons. The van der Waals surface area contributed by atoms with Gasteiger partial charge in [-0.3, -0.25) is 9.48 Å². The zero-order chi connectivity index (χ0) is 12.3. The van der Waals surface area contributed by atoms with Crippen molar-refractivity contribution in [2.24, 2.45) is 17.6 Å². The van der Waals surface area contributed by atoms with Crippen LogP contribution in [0.15, 0.2) is 11.2 Å². The Morgan fingerprint density at radius 1 is 1.56 bits per heavy atom. The Labute approximate surface area is 95.5 Å². The molecule has 5 heteroatoms. The van der Waals surface area contributed by atoms with Crippen molar-refractivity contribution in [3.05, 3.63) is 17.5 Å². The molecule has 1 aromatic rings. The normalized spacial score (nSPS) is 12.1. The Morgan fingerprint density at radius 3 is 2.62 bits per heavy atom. The number of hydrazone groups is 1. The van der Waals surface area contributed by atoms with E-state index in [2.05, 4.69) is 15.6 Å². The van der Waals surface area contributed by atoms with E-state index < -0.39 is 0 Å². The first-order valence-corrected chi connectivity index (χ1v) is 5.15. The van der Waals surface area contributed by atoms with Gasteiger partial charge >= 0.3 is 0 Å². The van der Waals surface area contributed by atoms with Gasteiger partial charge in [-0.25, -0.2) is 5.43 Å². The summed E-state index contributed by atoms with van der Waals surface area (Å²) in [6.07, 6.45) is 1.70. The molecule has 0 spiro atoms. The molecule has 1 aromatic heterocycles. The molecule has 0 aliphatic rings. The lowest BCUT2D eigenvalue weighted by atomic mass is 9.99. The van der Waals surface area contributed by atoms with Gasteiger partial charge < -0.3 is 0 Å². The van der Waals surface area contributed by atoms with Crippen molar-refractivity contribution in [2.75, 3.05) is 0 Å². The smallest absolute Gasteiger partial charge is 0.272 e. The van der Waals surface area contributed by atoms with E-state index in [1.165, 1.54) is 0 Å². The highest BCUT2D eigenvalue weighted by molar-refractivity contribution is 5.92. The van der Waals surface area contributed by atoms with E-state index in [1.54, 1.807) is 24.0 Å². The number of carbonyl (C=O) groups is 1. The van der Waals surface area contributed by atoms with Gasteiger partial charge in [0.25, 0.3) is 5.91 Å². The Balaban J connectivity index is 2.63. The van der Waals surface area contributed by atoms with E-state index in [4.69, 9.17) is 0 Å². The molecule has 5 nitrogen and oxygen atoms in total. The van der Waals surface area contributed by atoms with Gasteiger partial charge in [0.05, 0.1) is 0 Å². The van der Waals surface area contributed by atoms with Crippen molar-refractivity contribution < 1.29 is 4.79 Å². The third-order valence-corrected chi connectivity index (χ3v) is 1.96. The lowest BCUT2D eigenvalue weighted by Gasteiger charge is -2.09. The lowest BCUT2D eigenvalue weighted by molar-refractivity contribution is 0.0949. The van der Waals surface area contributed by atoms with Gasteiger partial charge in [0.2, 0.25) is 0 Å². The Morgan fingerprint density at radius 2 is 2.19 bits per heavy atom. The molecular weight excluding hydrogens is 204 g/mol. The summed E-state index contributed by atoms with van der Waals surface area (Å²) in [5, 5.41) is 7.94. The molecule has 16 heavy (non-hydrogen) atoms. The van der Waals surface area contributed by atoms with Gasteiger partial charge in [-0.15, -0.1) is 0 Å². The second kappa shape index (κ2) is 4.47. The van der Waals surface area contributed by atoms with Crippen molar-refractivity contribution in [1.82, 2.24) is 15.2 Å². The van der Waals surface area contributed by atoms with E-state index in [0.717, 1.165) is 5.69 Å². The molecule has 1 heterocycles. The summed E-state index contributed by atoms with van der Waals surface area (Å²) in [5.41, 5.74) is 3.72. The molecular formula is C11H18N4O. The molecule has 0 fully saturated rings. The van der Waals surface area contributed by atoms with E-state index in [9.17, 15) is 4.79 Å². The van der Waals surface area contributed by atoms with Crippen LogP contribution in [-0.4, -0.2) is 21.9 Å². The quantitative estimate of drug-likeness (QED) is 0.608. The maximum Gasteiger partial charge on any atom is 0.291 e. The van der Waals surface area contributed by atoms with E-state index in [0.29, 0.717) is 5.69 Å². The van der Waals surface area contributed by atoms with Gasteiger partial charge in [-0.05, 0) is 18.4 Å². The number of carbonyl (C=O) groups excluding carboxylic acids is 1. The van der Waals surface area contributed by atoms with Crippen LogP contribution in [0, 0.1) is 12.3 Å². The van der Waals surface area contributed by atoms with Crippen molar-refractivity contribution >= 4 is 12.1 Å². The van der Waals surface area contributed by atoms with Crippen LogP contribution >= 0.6 is 0 Å². The number of rotatable bonds is 2. The van der Waals surface area contributed by atoms with Crippen molar-refractivity contribution in [2.45, 2.75) is 27.7 Å². The Kier molecular flexibility index (Phi) is 3.47. The number of amides is 1. The number of nitrogens with one attached hydrogen (secondary N) is 1. The van der Waals surface area contributed by atoms with Crippen molar-refractivity contribution in [3.63, 3.8) is 0 Å². The van der Waals surface area contributed by atoms with Crippen LogP contribution < -0.4 is 5.43 Å². The molecule has 0 bridgehead atoms. The van der Waals surface area contributed by atoms with Crippen LogP contribution in [0.4, 0.5) is 0 Å². The minimum atomic E-state index is -0.288. The zero-order valence-corrected chi connectivity index (χ0v) is 10.4. The molecule has 1 N–H and O–H groups in total. The molecule has 0 aromatic carbocycles. The zero-order valence-electron chi connectivity index (χ0n) is 10.4. The summed E-state index contributed by atoms with van der Waals surface area (Å²) in [6.45, 7) is 7.91. The minimum Gasteiger partial charge on any atom is -0.272 e. The monoisotopic (exact) mass is 222 g/mol. The highest BCUT2D eigenvalue weighted by Gasteiger charge is 2.10. The Hall–Kier alpha value is -1.65. The molecule has 1 amide bonds. The van der Waals surface area contributed by atoms with Crippen molar-refractivity contribution in [1.29, 1.82) is 0 Å². The number of nitrogens with zero attached hydrogens (tertiary/aromatic N) is 3. The first-order valence-electron chi connectivity index (χ1n) is 5.15. The number of hydrogen-bond acceptors (Lipinski definition) is 3. The summed E-state index contributed by atoms with van der Waals surface area (Å²) in [7, 11) is 1.80. The van der Waals surface area contributed by atoms with E-state index in [1.807, 2.05) is 27.7 Å². The van der Waals surface area contributed by atoms with Gasteiger partial charge in [-0.1, -0.05) is 20.8 Å². The minimum absolute atomic E-state index is 0.0483. The molecule has 0 saturated carbocycles. The average molecular weight is 222 g/mol. The van der Waals surface area contributed by atoms with Crippen LogP contribution in [0.1, 0.15) is 37.0 Å². The van der Waals surface area contributed by atoms with Crippen LogP contribution in [0.5, 0.6) is 0 Å². The second-order valence-electron chi connectivity index (χ2n) is 4.86. The van der Waals surface area contributed by atoms with E-state index >= 15 is 0 Å². The number of hydrogen-bond donors (Lipinski definition) is 1. The predicted molar refractivity (Wildman–Crippen MR) is 63.4 cm³/mol. The molecule has 0 radical (unpaired) electrons. The van der Waals surface area contributed by atoms with Gasteiger partial charge in [-0.2, -0.15) is 10.2 Å². The Bertz CT molecular complexity index is 393. The highest BCUT2D eigenvalue weighted by Crippen LogP contribution is 2.07. The molecule has 0 aliphatic carbocycles. The average Bonchev–Trinajstić information content (AvgIpc) is 2.45. The summed E-state index contributed by atoms with van der Waals surface area (Å²) in [6, 6.07) is 1.72. The fourth-order valence-corrected chi connectivity index (χ4v) is 1.01. The SMILES string of the molecule is Cc1cc(C(=O)N/N=C\C(C)(C)C)nn1C. The largest absolute Gasteiger partial charge is 0.291 e. The standard InChI is InChI=1S/C11H18N4O/c1-8-6-9(14-15(8)5)10(16)13-12-7-11(2,3)4/h6-7H,1-5H3,(H,13,16)/b12-7-.